The van der Waals surface area contributed by atoms with Crippen molar-refractivity contribution in [1.29, 1.82) is 0 Å². The Morgan fingerprint density at radius 2 is 1.88 bits per heavy atom. The number of fused-ring (bicyclic) bond motifs is 2. The van der Waals surface area contributed by atoms with E-state index in [0.29, 0.717) is 12.1 Å². The summed E-state index contributed by atoms with van der Waals surface area (Å²) < 4.78 is 29.5. The highest BCUT2D eigenvalue weighted by molar-refractivity contribution is 5.96. The van der Waals surface area contributed by atoms with E-state index >= 15 is 0 Å². The van der Waals surface area contributed by atoms with Gasteiger partial charge in [0.25, 0.3) is 5.91 Å². The number of pyridine rings is 1. The van der Waals surface area contributed by atoms with Crippen LogP contribution in [0.5, 0.6) is 0 Å². The van der Waals surface area contributed by atoms with Crippen LogP contribution in [0.15, 0.2) is 60.9 Å². The molecule has 168 valence electrons. The summed E-state index contributed by atoms with van der Waals surface area (Å²) in [5.41, 5.74) is 6.38. The fourth-order valence-corrected chi connectivity index (χ4v) is 4.46. The van der Waals surface area contributed by atoms with Crippen molar-refractivity contribution in [2.75, 3.05) is 6.54 Å². The van der Waals surface area contributed by atoms with Gasteiger partial charge in [0.05, 0.1) is 18.3 Å². The van der Waals surface area contributed by atoms with Crippen molar-refractivity contribution in [1.82, 2.24) is 19.9 Å². The van der Waals surface area contributed by atoms with Crippen LogP contribution in [0, 0.1) is 11.6 Å². The molecule has 4 aromatic rings. The number of benzene rings is 2. The molecule has 6 nitrogen and oxygen atoms in total. The second-order valence-electron chi connectivity index (χ2n) is 8.27. The van der Waals surface area contributed by atoms with Gasteiger partial charge in [0.15, 0.2) is 0 Å². The van der Waals surface area contributed by atoms with Crippen molar-refractivity contribution >= 4 is 16.8 Å². The topological polar surface area (TPSA) is 70.4 Å². The van der Waals surface area contributed by atoms with Crippen LogP contribution in [0.3, 0.4) is 0 Å². The highest BCUT2D eigenvalue weighted by atomic mass is 19.1. The van der Waals surface area contributed by atoms with Crippen molar-refractivity contribution in [2.45, 2.75) is 26.1 Å². The summed E-state index contributed by atoms with van der Waals surface area (Å²) in [6, 6.07) is 13.5. The largest absolute Gasteiger partial charge is 0.341 e. The Morgan fingerprint density at radius 1 is 1.06 bits per heavy atom. The van der Waals surface area contributed by atoms with E-state index in [4.69, 9.17) is 5.21 Å². The predicted molar refractivity (Wildman–Crippen MR) is 119 cm³/mol. The molecule has 33 heavy (non-hydrogen) atoms. The van der Waals surface area contributed by atoms with Gasteiger partial charge in [-0.3, -0.25) is 14.9 Å². The molecule has 0 saturated carbocycles. The number of nitrogens with zero attached hydrogens (tertiary/aromatic N) is 3. The molecule has 1 amide bonds. The SMILES string of the molecule is O=C(NO)c1cc2c(CN3CCc4ccccc4C3)cn(Cc3ccc(F)cc3F)c2cn1. The Balaban J connectivity index is 1.51. The minimum absolute atomic E-state index is 0.0842. The van der Waals surface area contributed by atoms with Gasteiger partial charge in [-0.2, -0.15) is 0 Å². The molecule has 0 saturated heterocycles. The Kier molecular flexibility index (Phi) is 5.62. The van der Waals surface area contributed by atoms with Crippen LogP contribution in [0.4, 0.5) is 8.78 Å². The molecule has 0 atom stereocenters. The standard InChI is InChI=1S/C25H22F2N4O2/c26-20-6-5-18(22(27)9-20)14-31-15-19(21-10-23(25(32)29-33)28-11-24(21)31)13-30-8-7-16-3-1-2-4-17(16)12-30/h1-6,9-11,15,33H,7-8,12-14H2,(H,29,32). The van der Waals surface area contributed by atoms with E-state index in [-0.39, 0.29) is 12.2 Å². The van der Waals surface area contributed by atoms with Crippen molar-refractivity contribution in [3.05, 3.63) is 101 Å². The quantitative estimate of drug-likeness (QED) is 0.357. The predicted octanol–water partition coefficient (Wildman–Crippen LogP) is 4.04. The molecular formula is C25H22F2N4O2. The van der Waals surface area contributed by atoms with Crippen LogP contribution in [-0.2, 0) is 26.1 Å². The normalized spacial score (nSPS) is 13.8. The van der Waals surface area contributed by atoms with Gasteiger partial charge >= 0.3 is 0 Å². The number of hydrogen-bond acceptors (Lipinski definition) is 4. The van der Waals surface area contributed by atoms with E-state index in [1.54, 1.807) is 11.5 Å². The third kappa shape index (κ3) is 4.22. The fourth-order valence-electron chi connectivity index (χ4n) is 4.46. The van der Waals surface area contributed by atoms with Gasteiger partial charge in [0.2, 0.25) is 0 Å². The van der Waals surface area contributed by atoms with E-state index in [1.807, 2.05) is 16.8 Å². The maximum Gasteiger partial charge on any atom is 0.293 e. The first kappa shape index (κ1) is 21.2. The summed E-state index contributed by atoms with van der Waals surface area (Å²) in [6.07, 6.45) is 4.42. The molecule has 0 unspecified atom stereocenters. The van der Waals surface area contributed by atoms with Crippen LogP contribution in [0.1, 0.15) is 32.7 Å². The van der Waals surface area contributed by atoms with Gasteiger partial charge in [0.1, 0.15) is 17.3 Å². The molecule has 8 heteroatoms. The molecule has 0 fully saturated rings. The third-order valence-electron chi connectivity index (χ3n) is 6.14. The number of hydroxylamine groups is 1. The molecule has 0 bridgehead atoms. The first-order valence-corrected chi connectivity index (χ1v) is 10.7. The average molecular weight is 448 g/mol. The molecule has 0 aliphatic carbocycles. The van der Waals surface area contributed by atoms with Crippen LogP contribution >= 0.6 is 0 Å². The van der Waals surface area contributed by atoms with E-state index in [2.05, 4.69) is 28.1 Å². The fraction of sp³-hybridized carbons (Fsp3) is 0.200. The highest BCUT2D eigenvalue weighted by Crippen LogP contribution is 2.27. The number of aromatic nitrogens is 2. The van der Waals surface area contributed by atoms with E-state index in [0.717, 1.165) is 42.0 Å². The van der Waals surface area contributed by atoms with Gasteiger partial charge in [-0.1, -0.05) is 30.3 Å². The van der Waals surface area contributed by atoms with E-state index < -0.39 is 17.5 Å². The summed E-state index contributed by atoms with van der Waals surface area (Å²) in [5.74, 6) is -1.94. The Bertz CT molecular complexity index is 1350. The first-order chi connectivity index (χ1) is 16.0. The van der Waals surface area contributed by atoms with Crippen molar-refractivity contribution < 1.29 is 18.8 Å². The number of rotatable bonds is 5. The van der Waals surface area contributed by atoms with Crippen molar-refractivity contribution in [3.8, 4) is 0 Å². The number of hydrogen-bond donors (Lipinski definition) is 2. The monoisotopic (exact) mass is 448 g/mol. The zero-order valence-electron chi connectivity index (χ0n) is 17.8. The Morgan fingerprint density at radius 3 is 2.67 bits per heavy atom. The lowest BCUT2D eigenvalue weighted by Gasteiger charge is -2.28. The van der Waals surface area contributed by atoms with Crippen molar-refractivity contribution in [3.63, 3.8) is 0 Å². The van der Waals surface area contributed by atoms with Gasteiger partial charge in [-0.15, -0.1) is 0 Å². The minimum Gasteiger partial charge on any atom is -0.341 e. The lowest BCUT2D eigenvalue weighted by atomic mass is 9.99. The van der Waals surface area contributed by atoms with E-state index in [1.165, 1.54) is 29.5 Å². The van der Waals surface area contributed by atoms with Gasteiger partial charge < -0.3 is 4.57 Å². The first-order valence-electron chi connectivity index (χ1n) is 10.7. The van der Waals surface area contributed by atoms with E-state index in [9.17, 15) is 13.6 Å². The number of nitrogens with one attached hydrogen (secondary N) is 1. The second kappa shape index (κ2) is 8.73. The van der Waals surface area contributed by atoms with Crippen molar-refractivity contribution in [2.24, 2.45) is 0 Å². The van der Waals surface area contributed by atoms with Gasteiger partial charge in [-0.25, -0.2) is 19.2 Å². The minimum atomic E-state index is -0.702. The lowest BCUT2D eigenvalue weighted by Crippen LogP contribution is -2.29. The molecule has 0 spiro atoms. The van der Waals surface area contributed by atoms with Crippen LogP contribution < -0.4 is 5.48 Å². The van der Waals surface area contributed by atoms with Crippen LogP contribution in [0.25, 0.3) is 10.9 Å². The molecule has 3 heterocycles. The third-order valence-corrected chi connectivity index (χ3v) is 6.14. The van der Waals surface area contributed by atoms with Gasteiger partial charge in [0, 0.05) is 42.8 Å². The maximum atomic E-state index is 14.3. The summed E-state index contributed by atoms with van der Waals surface area (Å²) in [6.45, 7) is 2.53. The van der Waals surface area contributed by atoms with Crippen LogP contribution in [0.2, 0.25) is 0 Å². The molecule has 5 rings (SSSR count). The number of amides is 1. The highest BCUT2D eigenvalue weighted by Gasteiger charge is 2.20. The van der Waals surface area contributed by atoms with Gasteiger partial charge in [-0.05, 0) is 35.2 Å². The Hall–Kier alpha value is -3.62. The number of carbonyl (C=O) groups is 1. The average Bonchev–Trinajstić information content (AvgIpc) is 3.16. The summed E-state index contributed by atoms with van der Waals surface area (Å²) >= 11 is 0. The smallest absolute Gasteiger partial charge is 0.293 e. The second-order valence-corrected chi connectivity index (χ2v) is 8.27. The molecular weight excluding hydrogens is 426 g/mol. The Labute approximate surface area is 189 Å². The van der Waals surface area contributed by atoms with Crippen LogP contribution in [-0.4, -0.2) is 32.1 Å². The maximum absolute atomic E-state index is 14.3. The molecule has 0 radical (unpaired) electrons. The summed E-state index contributed by atoms with van der Waals surface area (Å²) in [7, 11) is 0. The molecule has 1 aliphatic rings. The molecule has 2 aromatic heterocycles. The summed E-state index contributed by atoms with van der Waals surface area (Å²) in [4.78, 5) is 18.4. The molecule has 2 aromatic carbocycles. The lowest BCUT2D eigenvalue weighted by molar-refractivity contribution is 0.0701. The number of carbonyl (C=O) groups excluding carboxylic acids is 1. The zero-order chi connectivity index (χ0) is 22.9. The molecule has 1 aliphatic heterocycles. The zero-order valence-corrected chi connectivity index (χ0v) is 17.8. The summed E-state index contributed by atoms with van der Waals surface area (Å²) in [5, 5.41) is 9.81. The molecule has 2 N–H and O–H groups in total. The number of halogens is 2.